The van der Waals surface area contributed by atoms with Crippen LogP contribution in [0.25, 0.3) is 10.1 Å². The van der Waals surface area contributed by atoms with Crippen molar-refractivity contribution in [2.24, 2.45) is 21.5 Å². The molecule has 35 heavy (non-hydrogen) atoms. The van der Waals surface area contributed by atoms with E-state index in [9.17, 15) is 9.59 Å². The summed E-state index contributed by atoms with van der Waals surface area (Å²) in [6.45, 7) is 1.48. The molecule has 0 amide bonds. The Kier molecular flexibility index (Phi) is 7.84. The number of amidine groups is 2. The van der Waals surface area contributed by atoms with E-state index in [1.807, 2.05) is 0 Å². The number of halogens is 2. The van der Waals surface area contributed by atoms with Crippen molar-refractivity contribution in [2.75, 3.05) is 48.6 Å². The third kappa shape index (κ3) is 4.95. The number of hydrogen-bond donors (Lipinski definition) is 4. The van der Waals surface area contributed by atoms with Gasteiger partial charge < -0.3 is 22.1 Å². The Bertz CT molecular complexity index is 1250. The van der Waals surface area contributed by atoms with Crippen LogP contribution in [0.3, 0.4) is 0 Å². The first-order valence-electron chi connectivity index (χ1n) is 10.8. The zero-order valence-electron chi connectivity index (χ0n) is 18.6. The highest BCUT2D eigenvalue weighted by Gasteiger charge is 2.36. The number of fused-ring (bicyclic) bond motifs is 3. The lowest BCUT2D eigenvalue weighted by atomic mass is 9.81. The quantitative estimate of drug-likeness (QED) is 0.0807. The van der Waals surface area contributed by atoms with Gasteiger partial charge in [0.1, 0.15) is 11.7 Å². The van der Waals surface area contributed by atoms with Gasteiger partial charge >= 0.3 is 0 Å². The highest BCUT2D eigenvalue weighted by Crippen LogP contribution is 2.44. The van der Waals surface area contributed by atoms with Crippen molar-refractivity contribution in [2.45, 2.75) is 0 Å². The van der Waals surface area contributed by atoms with Crippen molar-refractivity contribution >= 4 is 79.4 Å². The number of nitrogens with zero attached hydrogens (tertiary/aromatic N) is 3. The van der Waals surface area contributed by atoms with Crippen LogP contribution in [-0.2, 0) is 0 Å². The average molecular weight is 532 g/mol. The van der Waals surface area contributed by atoms with Gasteiger partial charge in [-0.3, -0.25) is 19.6 Å². The Morgan fingerprint density at radius 2 is 1.40 bits per heavy atom. The third-order valence-electron chi connectivity index (χ3n) is 5.42. The molecule has 1 aliphatic carbocycles. The van der Waals surface area contributed by atoms with Gasteiger partial charge in [-0.1, -0.05) is 24.3 Å². The van der Waals surface area contributed by atoms with Crippen LogP contribution in [0.4, 0.5) is 11.4 Å². The average Bonchev–Trinajstić information content (AvgIpc) is 3.37. The van der Waals surface area contributed by atoms with Crippen molar-refractivity contribution in [3.63, 3.8) is 0 Å². The molecule has 1 aliphatic rings. The number of nitrogens with two attached hydrogens (primary N) is 2. The summed E-state index contributed by atoms with van der Waals surface area (Å²) in [5, 5.41) is 7.31. The highest BCUT2D eigenvalue weighted by atomic mass is 35.5. The largest absolute Gasteiger partial charge is 0.386 e. The molecular formula is C23H23Cl2N7O2S. The third-order valence-corrected chi connectivity index (χ3v) is 6.78. The number of aromatic nitrogens is 1. The Morgan fingerprint density at radius 3 is 1.94 bits per heavy atom. The van der Waals surface area contributed by atoms with Gasteiger partial charge in [0.15, 0.2) is 11.6 Å². The second-order valence-electron chi connectivity index (χ2n) is 7.64. The Hall–Kier alpha value is -3.21. The lowest BCUT2D eigenvalue weighted by molar-refractivity contribution is 0.0980. The summed E-state index contributed by atoms with van der Waals surface area (Å²) in [6.07, 6.45) is 1.69. The Balaban J connectivity index is 1.81. The summed E-state index contributed by atoms with van der Waals surface area (Å²) >= 11 is 12.6. The molecule has 3 aromatic rings. The van der Waals surface area contributed by atoms with E-state index in [-0.39, 0.29) is 23.3 Å². The topological polar surface area (TPSA) is 148 Å². The smallest absolute Gasteiger partial charge is 0.196 e. The first-order chi connectivity index (χ1) is 17.0. The molecule has 182 valence electrons. The predicted octanol–water partition coefficient (Wildman–Crippen LogP) is 3.09. The van der Waals surface area contributed by atoms with Crippen LogP contribution in [0, 0.1) is 0 Å². The van der Waals surface area contributed by atoms with Crippen molar-refractivity contribution < 1.29 is 9.59 Å². The van der Waals surface area contributed by atoms with Gasteiger partial charge in [0.2, 0.25) is 0 Å². The zero-order valence-corrected chi connectivity index (χ0v) is 20.9. The van der Waals surface area contributed by atoms with Crippen LogP contribution in [0.15, 0.2) is 40.4 Å². The number of hydrogen-bond acceptors (Lipinski definition) is 8. The first kappa shape index (κ1) is 24.9. The van der Waals surface area contributed by atoms with Gasteiger partial charge in [0.25, 0.3) is 0 Å². The Morgan fingerprint density at radius 1 is 0.886 bits per heavy atom. The predicted molar refractivity (Wildman–Crippen MR) is 144 cm³/mol. The standard InChI is InChI=1S/C23H23Cl2N7O2S/c24-9-15(26)28-5-7-30-19-14-11-32-35-23(14)20(31-8-6-29-16(27)10-25)18-17(19)21(33)12-3-1-2-4-13(12)22(18)34/h1-4,11,30-31H,5-10H2,(H2,26,28)(H2,27,29). The van der Waals surface area contributed by atoms with Gasteiger partial charge in [-0.15, -0.1) is 23.2 Å². The van der Waals surface area contributed by atoms with Gasteiger partial charge in [0, 0.05) is 29.6 Å². The summed E-state index contributed by atoms with van der Waals surface area (Å²) in [6, 6.07) is 6.83. The molecule has 0 bridgehead atoms. The van der Waals surface area contributed by atoms with E-state index in [0.717, 1.165) is 10.1 Å². The minimum absolute atomic E-state index is 0.138. The highest BCUT2D eigenvalue weighted by molar-refractivity contribution is 7.14. The van der Waals surface area contributed by atoms with E-state index in [1.165, 1.54) is 11.5 Å². The molecule has 1 heterocycles. The minimum atomic E-state index is -0.234. The molecule has 6 N–H and O–H groups in total. The molecule has 0 saturated heterocycles. The molecule has 0 radical (unpaired) electrons. The number of aliphatic imine (C=N–C) groups is 2. The summed E-state index contributed by atoms with van der Waals surface area (Å²) in [7, 11) is 0. The molecule has 9 nitrogen and oxygen atoms in total. The van der Waals surface area contributed by atoms with Crippen molar-refractivity contribution in [3.8, 4) is 0 Å². The molecule has 12 heteroatoms. The number of ketones is 2. The monoisotopic (exact) mass is 531 g/mol. The van der Waals surface area contributed by atoms with Crippen LogP contribution < -0.4 is 22.1 Å². The summed E-state index contributed by atoms with van der Waals surface area (Å²) in [5.41, 5.74) is 13.8. The van der Waals surface area contributed by atoms with Crippen LogP contribution in [0.1, 0.15) is 31.8 Å². The fourth-order valence-corrected chi connectivity index (χ4v) is 4.85. The van der Waals surface area contributed by atoms with Crippen molar-refractivity contribution in [3.05, 3.63) is 52.7 Å². The van der Waals surface area contributed by atoms with Gasteiger partial charge in [0.05, 0.1) is 58.2 Å². The van der Waals surface area contributed by atoms with Crippen LogP contribution in [0.5, 0.6) is 0 Å². The summed E-state index contributed by atoms with van der Waals surface area (Å²) < 4.78 is 5.10. The molecular weight excluding hydrogens is 509 g/mol. The molecule has 0 atom stereocenters. The fraction of sp³-hybridized carbons (Fsp3) is 0.261. The van der Waals surface area contributed by atoms with Crippen LogP contribution in [-0.4, -0.2) is 65.6 Å². The fourth-order valence-electron chi connectivity index (χ4n) is 3.90. The molecule has 2 aromatic carbocycles. The first-order valence-corrected chi connectivity index (χ1v) is 12.6. The SMILES string of the molecule is NC(CCl)=NCCNc1c2c(c(NCCN=C(N)CCl)c3sncc13)C(=O)c1ccccc1C2=O. The van der Waals surface area contributed by atoms with Crippen molar-refractivity contribution in [1.82, 2.24) is 4.37 Å². The number of rotatable bonds is 10. The molecule has 4 rings (SSSR count). The van der Waals surface area contributed by atoms with Gasteiger partial charge in [-0.2, -0.15) is 4.37 Å². The number of nitrogens with one attached hydrogen (secondary N) is 2. The van der Waals surface area contributed by atoms with Gasteiger partial charge in [-0.25, -0.2) is 0 Å². The maximum Gasteiger partial charge on any atom is 0.196 e. The maximum atomic E-state index is 13.7. The number of carbonyl (C=O) groups excluding carboxylic acids is 2. The number of benzene rings is 2. The zero-order chi connectivity index (χ0) is 24.9. The number of alkyl halides is 2. The molecule has 1 aromatic heterocycles. The molecule has 0 spiro atoms. The normalized spacial score (nSPS) is 13.7. The lowest BCUT2D eigenvalue weighted by Crippen LogP contribution is -2.25. The Labute approximate surface area is 215 Å². The van der Waals surface area contributed by atoms with E-state index in [0.29, 0.717) is 71.5 Å². The van der Waals surface area contributed by atoms with E-state index < -0.39 is 0 Å². The van der Waals surface area contributed by atoms with E-state index in [4.69, 9.17) is 34.7 Å². The van der Waals surface area contributed by atoms with E-state index in [1.54, 1.807) is 30.5 Å². The van der Waals surface area contributed by atoms with Crippen LogP contribution >= 0.6 is 34.7 Å². The van der Waals surface area contributed by atoms with Crippen LogP contribution in [0.2, 0.25) is 0 Å². The summed E-state index contributed by atoms with van der Waals surface area (Å²) in [4.78, 5) is 35.7. The number of anilines is 2. The summed E-state index contributed by atoms with van der Waals surface area (Å²) in [5.74, 6) is 0.467. The molecule has 0 unspecified atom stereocenters. The molecule has 0 aliphatic heterocycles. The van der Waals surface area contributed by atoms with E-state index in [2.05, 4.69) is 25.0 Å². The second-order valence-corrected chi connectivity index (χ2v) is 8.98. The number of carbonyl (C=O) groups is 2. The van der Waals surface area contributed by atoms with Gasteiger partial charge in [-0.05, 0) is 11.5 Å². The van der Waals surface area contributed by atoms with E-state index >= 15 is 0 Å². The molecule has 0 fully saturated rings. The minimum Gasteiger partial charge on any atom is -0.386 e. The molecule has 0 saturated carbocycles. The maximum absolute atomic E-state index is 13.7. The second kappa shape index (κ2) is 11.0. The van der Waals surface area contributed by atoms with Crippen molar-refractivity contribution in [1.29, 1.82) is 0 Å². The lowest BCUT2D eigenvalue weighted by Gasteiger charge is -2.24.